The van der Waals surface area contributed by atoms with Crippen molar-refractivity contribution in [1.29, 1.82) is 0 Å². The predicted molar refractivity (Wildman–Crippen MR) is 112 cm³/mol. The van der Waals surface area contributed by atoms with Crippen LogP contribution in [0.25, 0.3) is 5.78 Å². The molecule has 1 aliphatic rings. The quantitative estimate of drug-likeness (QED) is 0.531. The van der Waals surface area contributed by atoms with E-state index < -0.39 is 0 Å². The lowest BCUT2D eigenvalue weighted by molar-refractivity contribution is -0.121. The smallest absolute Gasteiger partial charge is 0.252 e. The molecule has 0 aromatic carbocycles. The van der Waals surface area contributed by atoms with Gasteiger partial charge in [0.25, 0.3) is 5.78 Å². The molecule has 1 aliphatic carbocycles. The van der Waals surface area contributed by atoms with Gasteiger partial charge in [-0.1, -0.05) is 26.7 Å². The summed E-state index contributed by atoms with van der Waals surface area (Å²) in [6.45, 7) is 8.44. The van der Waals surface area contributed by atoms with Crippen LogP contribution in [-0.4, -0.2) is 36.6 Å². The lowest BCUT2D eigenvalue weighted by Crippen LogP contribution is -2.52. The molecule has 9 heteroatoms. The maximum atomic E-state index is 12.2. The zero-order chi connectivity index (χ0) is 20.3. The Morgan fingerprint density at radius 1 is 1.29 bits per heavy atom. The lowest BCUT2D eigenvalue weighted by Gasteiger charge is -2.35. The van der Waals surface area contributed by atoms with Gasteiger partial charge in [0, 0.05) is 23.9 Å². The number of amides is 1. The SMILES string of the molecule is Cc1nc2ncnn2c(C)c1CCC(=O)NNC(=S)N[C@@H]1CCC[C@H](C)[C@@H]1C. The summed E-state index contributed by atoms with van der Waals surface area (Å²) in [6.07, 6.45) is 5.97. The molecule has 1 saturated carbocycles. The number of nitrogens with zero attached hydrogens (tertiary/aromatic N) is 4. The van der Waals surface area contributed by atoms with Gasteiger partial charge in [0.05, 0.1) is 0 Å². The zero-order valence-electron chi connectivity index (χ0n) is 17.0. The summed E-state index contributed by atoms with van der Waals surface area (Å²) in [7, 11) is 0. The summed E-state index contributed by atoms with van der Waals surface area (Å²) < 4.78 is 1.70. The maximum absolute atomic E-state index is 12.2. The number of carbonyl (C=O) groups is 1. The van der Waals surface area contributed by atoms with Crippen molar-refractivity contribution in [3.05, 3.63) is 23.3 Å². The van der Waals surface area contributed by atoms with Crippen LogP contribution >= 0.6 is 12.2 Å². The number of aromatic nitrogens is 4. The number of hydrogen-bond donors (Lipinski definition) is 3. The Labute approximate surface area is 170 Å². The number of fused-ring (bicyclic) bond motifs is 1. The molecule has 0 aliphatic heterocycles. The van der Waals surface area contributed by atoms with E-state index in [0.29, 0.717) is 41.6 Å². The highest BCUT2D eigenvalue weighted by atomic mass is 32.1. The predicted octanol–water partition coefficient (Wildman–Crippen LogP) is 1.99. The molecular formula is C19H29N7OS. The van der Waals surface area contributed by atoms with Crippen molar-refractivity contribution >= 4 is 29.0 Å². The molecule has 3 rings (SSSR count). The number of carbonyl (C=O) groups excluding carboxylic acids is 1. The van der Waals surface area contributed by atoms with Crippen molar-refractivity contribution in [3.63, 3.8) is 0 Å². The molecular weight excluding hydrogens is 374 g/mol. The Morgan fingerprint density at radius 2 is 2.07 bits per heavy atom. The average Bonchev–Trinajstić information content (AvgIpc) is 3.12. The second-order valence-electron chi connectivity index (χ2n) is 7.75. The van der Waals surface area contributed by atoms with E-state index in [1.54, 1.807) is 4.52 Å². The molecule has 2 aromatic heterocycles. The molecule has 2 aromatic rings. The number of thiocarbonyl (C=S) groups is 1. The molecule has 0 spiro atoms. The van der Waals surface area contributed by atoms with E-state index in [1.165, 1.54) is 19.2 Å². The highest BCUT2D eigenvalue weighted by Gasteiger charge is 2.27. The number of rotatable bonds is 4. The lowest BCUT2D eigenvalue weighted by atomic mass is 9.78. The van der Waals surface area contributed by atoms with Gasteiger partial charge in [-0.3, -0.25) is 15.6 Å². The number of hydrazine groups is 1. The third-order valence-corrected chi connectivity index (χ3v) is 6.15. The van der Waals surface area contributed by atoms with Gasteiger partial charge in [-0.15, -0.1) is 0 Å². The van der Waals surface area contributed by atoms with Gasteiger partial charge in [0.2, 0.25) is 5.91 Å². The van der Waals surface area contributed by atoms with E-state index >= 15 is 0 Å². The summed E-state index contributed by atoms with van der Waals surface area (Å²) in [4.78, 5) is 20.8. The zero-order valence-corrected chi connectivity index (χ0v) is 17.8. The molecule has 1 amide bonds. The van der Waals surface area contributed by atoms with Crippen molar-refractivity contribution in [2.75, 3.05) is 0 Å². The van der Waals surface area contributed by atoms with Crippen LogP contribution in [0.15, 0.2) is 6.33 Å². The van der Waals surface area contributed by atoms with Gasteiger partial charge in [-0.2, -0.15) is 10.1 Å². The molecule has 0 radical (unpaired) electrons. The van der Waals surface area contributed by atoms with Gasteiger partial charge in [-0.25, -0.2) is 9.50 Å². The van der Waals surface area contributed by atoms with Crippen LogP contribution in [0.1, 0.15) is 56.5 Å². The van der Waals surface area contributed by atoms with Crippen LogP contribution in [-0.2, 0) is 11.2 Å². The largest absolute Gasteiger partial charge is 0.358 e. The molecule has 8 nitrogen and oxygen atoms in total. The van der Waals surface area contributed by atoms with Crippen LogP contribution in [0.2, 0.25) is 0 Å². The first-order valence-electron chi connectivity index (χ1n) is 9.88. The number of nitrogens with one attached hydrogen (secondary N) is 3. The van der Waals surface area contributed by atoms with Gasteiger partial charge in [0.15, 0.2) is 5.11 Å². The van der Waals surface area contributed by atoms with E-state index in [-0.39, 0.29) is 5.91 Å². The van der Waals surface area contributed by atoms with Gasteiger partial charge < -0.3 is 5.32 Å². The van der Waals surface area contributed by atoms with Crippen molar-refractivity contribution in [3.8, 4) is 0 Å². The fraction of sp³-hybridized carbons (Fsp3) is 0.632. The van der Waals surface area contributed by atoms with Crippen LogP contribution in [0.3, 0.4) is 0 Å². The fourth-order valence-corrected chi connectivity index (χ4v) is 4.14. The van der Waals surface area contributed by atoms with E-state index in [1.807, 2.05) is 13.8 Å². The molecule has 0 unspecified atom stereocenters. The maximum Gasteiger partial charge on any atom is 0.252 e. The summed E-state index contributed by atoms with van der Waals surface area (Å²) in [6, 6.07) is 0.353. The van der Waals surface area contributed by atoms with Crippen LogP contribution < -0.4 is 16.2 Å². The number of hydrogen-bond acceptors (Lipinski definition) is 5. The Balaban J connectivity index is 1.48. The van der Waals surface area contributed by atoms with E-state index in [9.17, 15) is 4.79 Å². The van der Waals surface area contributed by atoms with Crippen molar-refractivity contribution in [1.82, 2.24) is 35.8 Å². The van der Waals surface area contributed by atoms with Crippen LogP contribution in [0, 0.1) is 25.7 Å². The van der Waals surface area contributed by atoms with E-state index in [2.05, 4.69) is 45.1 Å². The normalized spacial score (nSPS) is 22.1. The topological polar surface area (TPSA) is 96.2 Å². The Bertz CT molecular complexity index is 865. The van der Waals surface area contributed by atoms with Crippen molar-refractivity contribution in [2.24, 2.45) is 11.8 Å². The Morgan fingerprint density at radius 3 is 2.86 bits per heavy atom. The van der Waals surface area contributed by atoms with Crippen LogP contribution in [0.5, 0.6) is 0 Å². The molecule has 1 fully saturated rings. The first-order valence-corrected chi connectivity index (χ1v) is 10.3. The highest BCUT2D eigenvalue weighted by Crippen LogP contribution is 2.29. The van der Waals surface area contributed by atoms with Gasteiger partial charge >= 0.3 is 0 Å². The summed E-state index contributed by atoms with van der Waals surface area (Å²) in [5, 5.41) is 7.99. The highest BCUT2D eigenvalue weighted by molar-refractivity contribution is 7.80. The summed E-state index contributed by atoms with van der Waals surface area (Å²) >= 11 is 5.34. The first-order chi connectivity index (χ1) is 13.4. The second kappa shape index (κ2) is 8.81. The van der Waals surface area contributed by atoms with Gasteiger partial charge in [0.1, 0.15) is 6.33 Å². The summed E-state index contributed by atoms with van der Waals surface area (Å²) in [5.41, 5.74) is 8.37. The van der Waals surface area contributed by atoms with E-state index in [4.69, 9.17) is 12.2 Å². The molecule has 0 bridgehead atoms. The molecule has 152 valence electrons. The molecule has 2 heterocycles. The Hall–Kier alpha value is -2.29. The first kappa shape index (κ1) is 20.4. The van der Waals surface area contributed by atoms with Crippen molar-refractivity contribution < 1.29 is 4.79 Å². The Kier molecular flexibility index (Phi) is 6.43. The fourth-order valence-electron chi connectivity index (χ4n) is 3.93. The number of aryl methyl sites for hydroxylation is 2. The molecule has 28 heavy (non-hydrogen) atoms. The minimum Gasteiger partial charge on any atom is -0.358 e. The second-order valence-corrected chi connectivity index (χ2v) is 8.16. The van der Waals surface area contributed by atoms with Gasteiger partial charge in [-0.05, 0) is 56.3 Å². The minimum absolute atomic E-state index is 0.119. The summed E-state index contributed by atoms with van der Waals surface area (Å²) in [5.74, 6) is 1.71. The van der Waals surface area contributed by atoms with Crippen molar-refractivity contribution in [2.45, 2.75) is 65.8 Å². The molecule has 3 N–H and O–H groups in total. The van der Waals surface area contributed by atoms with E-state index in [0.717, 1.165) is 23.4 Å². The molecule has 0 saturated heterocycles. The standard InChI is InChI=1S/C19H29N7OS/c1-11-6-5-7-16(12(11)2)23-19(28)25-24-17(27)9-8-15-13(3)22-18-20-10-21-26(18)14(15)4/h10-12,16H,5-9H2,1-4H3,(H,24,27)(H2,23,25,28)/t11-,12-,16+/m0/s1. The minimum atomic E-state index is -0.119. The third kappa shape index (κ3) is 4.57. The average molecular weight is 404 g/mol. The monoisotopic (exact) mass is 403 g/mol. The third-order valence-electron chi connectivity index (χ3n) is 5.93. The van der Waals surface area contributed by atoms with Crippen LogP contribution in [0.4, 0.5) is 0 Å². The molecule has 3 atom stereocenters.